The van der Waals surface area contributed by atoms with Crippen molar-refractivity contribution in [1.82, 2.24) is 9.80 Å². The largest absolute Gasteiger partial charge is 0.492 e. The number of allylic oxidation sites excluding steroid dienone is 1. The van der Waals surface area contributed by atoms with Crippen LogP contribution >= 0.6 is 0 Å². The van der Waals surface area contributed by atoms with Gasteiger partial charge >= 0.3 is 6.09 Å². The second-order valence-electron chi connectivity index (χ2n) is 15.0. The second kappa shape index (κ2) is 19.1. The van der Waals surface area contributed by atoms with E-state index in [1.54, 1.807) is 32.2 Å². The zero-order valence-electron chi connectivity index (χ0n) is 32.6. The van der Waals surface area contributed by atoms with Gasteiger partial charge in [-0.1, -0.05) is 30.1 Å². The van der Waals surface area contributed by atoms with Gasteiger partial charge in [0.2, 0.25) is 5.79 Å². The molecule has 56 heavy (non-hydrogen) atoms. The molecule has 2 fully saturated rings. The highest BCUT2D eigenvalue weighted by atomic mass is 16.7. The van der Waals surface area contributed by atoms with Crippen molar-refractivity contribution in [1.29, 1.82) is 0 Å². The minimum absolute atomic E-state index is 0.0148. The summed E-state index contributed by atoms with van der Waals surface area (Å²) in [5.74, 6) is -0.496. The molecule has 304 valence electrons. The van der Waals surface area contributed by atoms with Crippen LogP contribution in [-0.2, 0) is 20.9 Å². The molecule has 0 unspecified atom stereocenters. The summed E-state index contributed by atoms with van der Waals surface area (Å²) in [5, 5.41) is 35.7. The van der Waals surface area contributed by atoms with Gasteiger partial charge in [0.25, 0.3) is 5.69 Å². The van der Waals surface area contributed by atoms with E-state index in [4.69, 9.17) is 28.9 Å². The van der Waals surface area contributed by atoms with Crippen molar-refractivity contribution in [2.45, 2.75) is 76.2 Å². The van der Waals surface area contributed by atoms with Gasteiger partial charge in [0.15, 0.2) is 0 Å². The van der Waals surface area contributed by atoms with E-state index < -0.39 is 28.8 Å². The topological polar surface area (TPSA) is 165 Å². The van der Waals surface area contributed by atoms with Gasteiger partial charge < -0.3 is 38.9 Å². The molecule has 2 heterocycles. The Labute approximate surface area is 328 Å². The third kappa shape index (κ3) is 9.20. The Balaban J connectivity index is 1.49. The first kappa shape index (κ1) is 41.1. The number of unbranched alkanes of at least 4 members (excludes halogenated alkanes) is 2. The Morgan fingerprint density at radius 2 is 1.88 bits per heavy atom. The molecule has 6 atom stereocenters. The number of oxime groups is 1. The molecular formula is C42H56N4O10. The molecule has 2 N–H and O–H groups in total. The van der Waals surface area contributed by atoms with E-state index in [2.05, 4.69) is 23.6 Å². The van der Waals surface area contributed by atoms with Crippen molar-refractivity contribution in [2.75, 3.05) is 59.7 Å². The average Bonchev–Trinajstić information content (AvgIpc) is 4.03. The summed E-state index contributed by atoms with van der Waals surface area (Å²) >= 11 is 0. The molecule has 2 aliphatic heterocycles. The Bertz CT molecular complexity index is 1730. The summed E-state index contributed by atoms with van der Waals surface area (Å²) < 4.78 is 25.9. The zero-order chi connectivity index (χ0) is 39.7. The molecule has 0 bridgehead atoms. The van der Waals surface area contributed by atoms with Crippen LogP contribution in [-0.4, -0.2) is 108 Å². The van der Waals surface area contributed by atoms with Gasteiger partial charge in [-0.3, -0.25) is 15.0 Å². The van der Waals surface area contributed by atoms with Crippen molar-refractivity contribution >= 4 is 17.5 Å². The van der Waals surface area contributed by atoms with Gasteiger partial charge in [0.05, 0.1) is 29.8 Å². The van der Waals surface area contributed by atoms with E-state index >= 15 is 0 Å². The first-order valence-electron chi connectivity index (χ1n) is 19.9. The predicted molar refractivity (Wildman–Crippen MR) is 210 cm³/mol. The minimum atomic E-state index is -1.39. The highest BCUT2D eigenvalue weighted by Crippen LogP contribution is 2.61. The van der Waals surface area contributed by atoms with Crippen LogP contribution in [0.3, 0.4) is 0 Å². The number of hydrogen-bond donors (Lipinski definition) is 2. The number of likely N-dealkylation sites (N-methyl/N-ethyl adjacent to an activating group) is 1. The minimum Gasteiger partial charge on any atom is -0.492 e. The molecule has 2 aliphatic carbocycles. The summed E-state index contributed by atoms with van der Waals surface area (Å²) in [7, 11) is 1.69. The molecule has 1 amide bonds. The van der Waals surface area contributed by atoms with Crippen LogP contribution in [0.25, 0.3) is 0 Å². The Morgan fingerprint density at radius 1 is 1.12 bits per heavy atom. The van der Waals surface area contributed by atoms with E-state index in [9.17, 15) is 25.1 Å². The van der Waals surface area contributed by atoms with Gasteiger partial charge in [-0.15, -0.1) is 6.58 Å². The maximum Gasteiger partial charge on any atom is 0.409 e. The molecule has 14 heteroatoms. The quantitative estimate of drug-likeness (QED) is 0.0487. The van der Waals surface area contributed by atoms with Crippen LogP contribution < -0.4 is 9.47 Å². The highest BCUT2D eigenvalue weighted by molar-refractivity contribution is 6.02. The maximum atomic E-state index is 13.6. The fraction of sp³-hybridized carbons (Fsp3) is 0.571. The van der Waals surface area contributed by atoms with Crippen LogP contribution in [0.5, 0.6) is 11.5 Å². The second-order valence-corrected chi connectivity index (χ2v) is 15.0. The summed E-state index contributed by atoms with van der Waals surface area (Å²) in [6, 6.07) is 11.4. The number of ether oxygens (including phenoxy) is 4. The van der Waals surface area contributed by atoms with Crippen LogP contribution in [0.15, 0.2) is 71.9 Å². The van der Waals surface area contributed by atoms with Crippen LogP contribution in [0.2, 0.25) is 0 Å². The molecule has 14 nitrogen and oxygen atoms in total. The molecule has 2 aromatic rings. The zero-order valence-corrected chi connectivity index (χ0v) is 32.6. The van der Waals surface area contributed by atoms with Crippen LogP contribution in [0.1, 0.15) is 68.9 Å². The lowest BCUT2D eigenvalue weighted by Crippen LogP contribution is -2.69. The number of nitro groups is 1. The monoisotopic (exact) mass is 776 g/mol. The fourth-order valence-electron chi connectivity index (χ4n) is 8.66. The molecular weight excluding hydrogens is 720 g/mol. The van der Waals surface area contributed by atoms with E-state index in [-0.39, 0.29) is 62.9 Å². The molecule has 0 spiro atoms. The Morgan fingerprint density at radius 3 is 2.55 bits per heavy atom. The molecule has 1 saturated heterocycles. The summed E-state index contributed by atoms with van der Waals surface area (Å²) in [6.07, 6.45) is 8.23. The lowest BCUT2D eigenvalue weighted by atomic mass is 9.55. The molecule has 4 aliphatic rings. The number of non-ortho nitro benzene ring substituents is 1. The SMILES string of the molecule is C=CCO[C@@]12Oc3ccc(OCCN4CC4)cc3[C@H]3[C@H](CCCCO)[C@@H](CCCCO)C=C(C(=NOCc4ccc([N+](=O)[O-])cc4)C[C@@H]1N(C)C(=O)OCC)[C@H]32. The molecule has 6 rings (SSSR count). The maximum absolute atomic E-state index is 13.6. The van der Waals surface area contributed by atoms with Crippen molar-refractivity contribution in [3.63, 3.8) is 0 Å². The van der Waals surface area contributed by atoms with Crippen molar-refractivity contribution < 1.29 is 43.7 Å². The lowest BCUT2D eigenvalue weighted by Gasteiger charge is -2.59. The van der Waals surface area contributed by atoms with Crippen molar-refractivity contribution in [2.24, 2.45) is 22.9 Å². The summed E-state index contributed by atoms with van der Waals surface area (Å²) in [5.41, 5.74) is 3.22. The number of fused-ring (bicyclic) bond motifs is 2. The van der Waals surface area contributed by atoms with E-state index in [0.29, 0.717) is 36.5 Å². The standard InChI is InChI=1S/C42H56N4O10/c1-4-23-54-42-38(44(3)41(49)52-5-2)27-36(43-55-28-29-12-14-31(15-13-29)46(50)51)34-25-30(10-6-8-21-47)33(11-7-9-22-48)39(40(34)42)35-26-32(16-17-37(35)56-42)53-24-20-45-18-19-45/h4,12-17,25-26,30,33,38-40,47-48H,1,5-11,18-24,27-28H2,2-3H3/t30-,33+,38-,39+,40+,42+/m0/s1. The van der Waals surface area contributed by atoms with Crippen molar-refractivity contribution in [3.8, 4) is 11.5 Å². The van der Waals surface area contributed by atoms with Gasteiger partial charge in [-0.05, 0) is 85.9 Å². The third-order valence-electron chi connectivity index (χ3n) is 11.4. The third-order valence-corrected chi connectivity index (χ3v) is 11.4. The summed E-state index contributed by atoms with van der Waals surface area (Å²) in [4.78, 5) is 34.3. The smallest absolute Gasteiger partial charge is 0.409 e. The Kier molecular flexibility index (Phi) is 14.0. The van der Waals surface area contributed by atoms with E-state index in [1.807, 2.05) is 12.1 Å². The van der Waals surface area contributed by atoms with Gasteiger partial charge in [0.1, 0.15) is 30.8 Å². The van der Waals surface area contributed by atoms with Gasteiger partial charge in [-0.25, -0.2) is 4.79 Å². The highest BCUT2D eigenvalue weighted by Gasteiger charge is 2.65. The first-order chi connectivity index (χ1) is 27.2. The number of nitrogens with zero attached hydrogens (tertiary/aromatic N) is 4. The number of benzene rings is 2. The number of carbonyl (C=O) groups excluding carboxylic acids is 1. The van der Waals surface area contributed by atoms with Crippen LogP contribution in [0, 0.1) is 27.9 Å². The first-order valence-corrected chi connectivity index (χ1v) is 19.9. The average molecular weight is 777 g/mol. The normalized spacial score (nSPS) is 25.6. The van der Waals surface area contributed by atoms with Gasteiger partial charge in [-0.2, -0.15) is 0 Å². The fourth-order valence-corrected chi connectivity index (χ4v) is 8.66. The number of hydrogen-bond acceptors (Lipinski definition) is 12. The number of aliphatic hydroxyl groups excluding tert-OH is 2. The molecule has 0 aromatic heterocycles. The van der Waals surface area contributed by atoms with Crippen molar-refractivity contribution in [3.05, 3.63) is 88.0 Å². The number of carbonyl (C=O) groups is 1. The lowest BCUT2D eigenvalue weighted by molar-refractivity contribution is -0.384. The van der Waals surface area contributed by atoms with E-state index in [0.717, 1.165) is 62.2 Å². The molecule has 0 radical (unpaired) electrons. The van der Waals surface area contributed by atoms with Crippen LogP contribution in [0.4, 0.5) is 10.5 Å². The van der Waals surface area contributed by atoms with E-state index in [1.165, 1.54) is 17.0 Å². The van der Waals surface area contributed by atoms with Gasteiger partial charge in [0, 0.05) is 69.9 Å². The molecule has 2 aromatic carbocycles. The molecule has 1 saturated carbocycles. The number of aliphatic hydroxyl groups is 2. The Hall–Kier alpha value is -4.50. The predicted octanol–water partition coefficient (Wildman–Crippen LogP) is 6.21. The number of amides is 1. The number of nitro benzene ring substituents is 1. The number of rotatable bonds is 21. The summed E-state index contributed by atoms with van der Waals surface area (Å²) in [6.45, 7) is 9.89.